The molecule has 1 N–H and O–H groups in total. The number of hydrogen-bond donors (Lipinski definition) is 1. The van der Waals surface area contributed by atoms with Crippen LogP contribution in [0.4, 0.5) is 5.69 Å². The minimum atomic E-state index is -3.72. The average molecular weight is 485 g/mol. The molecule has 34 heavy (non-hydrogen) atoms. The van der Waals surface area contributed by atoms with E-state index < -0.39 is 10.0 Å². The van der Waals surface area contributed by atoms with Crippen LogP contribution in [0.3, 0.4) is 0 Å². The first kappa shape index (κ1) is 25.1. The lowest BCUT2D eigenvalue weighted by atomic mass is 10.1. The number of carbonyl (C=O) groups is 1. The first-order valence-electron chi connectivity index (χ1n) is 10.4. The van der Waals surface area contributed by atoms with Gasteiger partial charge in [-0.15, -0.1) is 0 Å². The van der Waals surface area contributed by atoms with Crippen LogP contribution >= 0.6 is 0 Å². The summed E-state index contributed by atoms with van der Waals surface area (Å²) in [4.78, 5) is 13.1. The first-order chi connectivity index (χ1) is 16.2. The van der Waals surface area contributed by atoms with Crippen molar-refractivity contribution < 1.29 is 27.4 Å². The van der Waals surface area contributed by atoms with Gasteiger partial charge in [0.25, 0.3) is 5.91 Å². The van der Waals surface area contributed by atoms with Crippen molar-refractivity contribution in [2.45, 2.75) is 18.4 Å². The van der Waals surface area contributed by atoms with Crippen LogP contribution in [0.1, 0.15) is 21.5 Å². The summed E-state index contributed by atoms with van der Waals surface area (Å²) in [6, 6.07) is 16.6. The van der Waals surface area contributed by atoms with E-state index in [0.29, 0.717) is 34.1 Å². The van der Waals surface area contributed by atoms with E-state index in [9.17, 15) is 13.2 Å². The van der Waals surface area contributed by atoms with Crippen LogP contribution in [-0.4, -0.2) is 47.0 Å². The molecule has 0 spiro atoms. The van der Waals surface area contributed by atoms with Gasteiger partial charge in [-0.2, -0.15) is 4.31 Å². The van der Waals surface area contributed by atoms with Crippen LogP contribution in [0.25, 0.3) is 0 Å². The molecule has 3 aromatic rings. The highest BCUT2D eigenvalue weighted by Crippen LogP contribution is 2.30. The zero-order chi connectivity index (χ0) is 24.9. The van der Waals surface area contributed by atoms with E-state index in [-0.39, 0.29) is 17.3 Å². The Labute approximate surface area is 200 Å². The number of nitrogens with one attached hydrogen (secondary N) is 1. The molecule has 1 amide bonds. The van der Waals surface area contributed by atoms with Gasteiger partial charge in [0.2, 0.25) is 10.0 Å². The van der Waals surface area contributed by atoms with Gasteiger partial charge in [0, 0.05) is 36.5 Å². The summed E-state index contributed by atoms with van der Waals surface area (Å²) in [6.45, 7) is 1.92. The van der Waals surface area contributed by atoms with E-state index in [4.69, 9.17) is 14.2 Å². The molecule has 0 atom stereocenters. The van der Waals surface area contributed by atoms with Gasteiger partial charge in [0.1, 0.15) is 5.75 Å². The molecule has 0 unspecified atom stereocenters. The van der Waals surface area contributed by atoms with Crippen molar-refractivity contribution in [1.82, 2.24) is 4.31 Å². The third-order valence-electron chi connectivity index (χ3n) is 5.31. The highest BCUT2D eigenvalue weighted by Gasteiger charge is 2.22. The largest absolute Gasteiger partial charge is 0.496 e. The number of nitrogens with zero attached hydrogens (tertiary/aromatic N) is 1. The second kappa shape index (κ2) is 10.6. The van der Waals surface area contributed by atoms with Crippen LogP contribution < -0.4 is 19.5 Å². The molecule has 8 nitrogen and oxygen atoms in total. The van der Waals surface area contributed by atoms with E-state index in [0.717, 1.165) is 5.56 Å². The Morgan fingerprint density at radius 3 is 2.09 bits per heavy atom. The molecule has 3 aromatic carbocycles. The highest BCUT2D eigenvalue weighted by atomic mass is 32.2. The van der Waals surface area contributed by atoms with Crippen molar-refractivity contribution in [1.29, 1.82) is 0 Å². The normalized spacial score (nSPS) is 11.2. The van der Waals surface area contributed by atoms with E-state index in [1.807, 2.05) is 6.92 Å². The van der Waals surface area contributed by atoms with Crippen molar-refractivity contribution in [3.05, 3.63) is 77.4 Å². The SMILES string of the molecule is COc1ccc(C(=O)Nc2ccc(OC)c(OC)c2)cc1CN(C)S(=O)(=O)c1ccc(C)cc1. The lowest BCUT2D eigenvalue weighted by molar-refractivity contribution is 0.102. The van der Waals surface area contributed by atoms with Gasteiger partial charge >= 0.3 is 0 Å². The minimum absolute atomic E-state index is 0.0247. The number of benzene rings is 3. The number of carbonyl (C=O) groups excluding carboxylic acids is 1. The van der Waals surface area contributed by atoms with Crippen molar-refractivity contribution in [3.63, 3.8) is 0 Å². The van der Waals surface area contributed by atoms with Gasteiger partial charge in [-0.3, -0.25) is 4.79 Å². The van der Waals surface area contributed by atoms with Crippen molar-refractivity contribution >= 4 is 21.6 Å². The number of amides is 1. The summed E-state index contributed by atoms with van der Waals surface area (Å²) in [7, 11) is 2.31. The second-order valence-corrected chi connectivity index (χ2v) is 9.67. The standard InChI is InChI=1S/C25H28N2O6S/c1-17-6-10-21(11-7-17)34(29,30)27(2)16-19-14-18(8-12-22(19)31-3)25(28)26-20-9-13-23(32-4)24(15-20)33-5/h6-15H,16H2,1-5H3,(H,26,28). The fourth-order valence-electron chi connectivity index (χ4n) is 3.38. The second-order valence-electron chi connectivity index (χ2n) is 7.62. The fourth-order valence-corrected chi connectivity index (χ4v) is 4.52. The van der Waals surface area contributed by atoms with Gasteiger partial charge in [-0.25, -0.2) is 8.42 Å². The molecule has 0 saturated heterocycles. The van der Waals surface area contributed by atoms with E-state index in [1.54, 1.807) is 60.7 Å². The molecular weight excluding hydrogens is 456 g/mol. The number of rotatable bonds is 9. The maximum atomic E-state index is 13.0. The number of sulfonamides is 1. The van der Waals surface area contributed by atoms with Crippen LogP contribution in [0.5, 0.6) is 17.2 Å². The Morgan fingerprint density at radius 1 is 0.853 bits per heavy atom. The molecule has 0 bridgehead atoms. The van der Waals surface area contributed by atoms with Crippen molar-refractivity contribution in [2.75, 3.05) is 33.7 Å². The van der Waals surface area contributed by atoms with Crippen LogP contribution in [-0.2, 0) is 16.6 Å². The maximum Gasteiger partial charge on any atom is 0.255 e. The average Bonchev–Trinajstić information content (AvgIpc) is 2.84. The molecule has 180 valence electrons. The first-order valence-corrected chi connectivity index (χ1v) is 11.9. The molecule has 0 aromatic heterocycles. The Kier molecular flexibility index (Phi) is 7.80. The minimum Gasteiger partial charge on any atom is -0.496 e. The summed E-state index contributed by atoms with van der Waals surface area (Å²) < 4.78 is 43.1. The molecule has 0 aliphatic carbocycles. The lowest BCUT2D eigenvalue weighted by Gasteiger charge is -2.19. The van der Waals surface area contributed by atoms with Crippen LogP contribution in [0, 0.1) is 6.92 Å². The zero-order valence-electron chi connectivity index (χ0n) is 19.8. The van der Waals surface area contributed by atoms with Crippen LogP contribution in [0.2, 0.25) is 0 Å². The maximum absolute atomic E-state index is 13.0. The summed E-state index contributed by atoms with van der Waals surface area (Å²) in [5, 5.41) is 2.82. The Morgan fingerprint density at radius 2 is 1.47 bits per heavy atom. The topological polar surface area (TPSA) is 94.2 Å². The molecule has 3 rings (SSSR count). The Balaban J connectivity index is 1.84. The quantitative estimate of drug-likeness (QED) is 0.492. The van der Waals surface area contributed by atoms with Gasteiger partial charge in [0.15, 0.2) is 11.5 Å². The third-order valence-corrected chi connectivity index (χ3v) is 7.12. The number of aryl methyl sites for hydroxylation is 1. The summed E-state index contributed by atoms with van der Waals surface area (Å²) in [5.74, 6) is 1.15. The van der Waals surface area contributed by atoms with Gasteiger partial charge in [-0.05, 0) is 49.4 Å². The highest BCUT2D eigenvalue weighted by molar-refractivity contribution is 7.89. The molecule has 0 radical (unpaired) electrons. The molecule has 0 saturated carbocycles. The monoisotopic (exact) mass is 484 g/mol. The number of ether oxygens (including phenoxy) is 3. The number of anilines is 1. The van der Waals surface area contributed by atoms with Crippen LogP contribution in [0.15, 0.2) is 65.6 Å². The van der Waals surface area contributed by atoms with Crippen molar-refractivity contribution in [3.8, 4) is 17.2 Å². The Bertz CT molecular complexity index is 1270. The van der Waals surface area contributed by atoms with E-state index in [2.05, 4.69) is 5.32 Å². The fraction of sp³-hybridized carbons (Fsp3) is 0.240. The molecule has 0 fully saturated rings. The van der Waals surface area contributed by atoms with E-state index in [1.165, 1.54) is 32.7 Å². The smallest absolute Gasteiger partial charge is 0.255 e. The third kappa shape index (κ3) is 5.49. The van der Waals surface area contributed by atoms with Gasteiger partial charge in [-0.1, -0.05) is 17.7 Å². The lowest BCUT2D eigenvalue weighted by Crippen LogP contribution is -2.27. The Hall–Kier alpha value is -3.56. The summed E-state index contributed by atoms with van der Waals surface area (Å²) in [6.07, 6.45) is 0. The molecule has 0 aliphatic heterocycles. The van der Waals surface area contributed by atoms with Crippen molar-refractivity contribution in [2.24, 2.45) is 0 Å². The molecule has 0 aliphatic rings. The van der Waals surface area contributed by atoms with Gasteiger partial charge < -0.3 is 19.5 Å². The molecule has 9 heteroatoms. The predicted octanol–water partition coefficient (Wildman–Crippen LogP) is 4.09. The summed E-state index contributed by atoms with van der Waals surface area (Å²) >= 11 is 0. The summed E-state index contributed by atoms with van der Waals surface area (Å²) in [5.41, 5.74) is 2.41. The molecule has 0 heterocycles. The van der Waals surface area contributed by atoms with E-state index >= 15 is 0 Å². The predicted molar refractivity (Wildman–Crippen MR) is 130 cm³/mol. The number of methoxy groups -OCH3 is 3. The number of hydrogen-bond acceptors (Lipinski definition) is 6. The van der Waals surface area contributed by atoms with Gasteiger partial charge in [0.05, 0.1) is 26.2 Å². The zero-order valence-corrected chi connectivity index (χ0v) is 20.6. The molecular formula is C25H28N2O6S.